The molecule has 0 bridgehead atoms. The van der Waals surface area contributed by atoms with Crippen LogP contribution in [0.1, 0.15) is 58.3 Å². The van der Waals surface area contributed by atoms with E-state index in [9.17, 15) is 14.7 Å². The van der Waals surface area contributed by atoms with E-state index >= 15 is 0 Å². The fourth-order valence-corrected chi connectivity index (χ4v) is 2.61. The summed E-state index contributed by atoms with van der Waals surface area (Å²) in [5.74, 6) is -1.14. The molecule has 0 radical (unpaired) electrons. The number of aliphatic carboxylic acids is 1. The Hall–Kier alpha value is -1.63. The number of hydrogen-bond acceptors (Lipinski definition) is 5. The Bertz CT molecular complexity index is 555. The largest absolute Gasteiger partial charge is 0.479 e. The number of carboxylic acids is 1. The molecule has 1 heterocycles. The maximum absolute atomic E-state index is 12.1. The quantitative estimate of drug-likeness (QED) is 0.919. The first-order chi connectivity index (χ1) is 9.83. The predicted octanol–water partition coefficient (Wildman–Crippen LogP) is 3.43. The van der Waals surface area contributed by atoms with Gasteiger partial charge in [0, 0.05) is 17.8 Å². The number of nitrogens with zero attached hydrogens (tertiary/aromatic N) is 2. The number of rotatable bonds is 3. The van der Waals surface area contributed by atoms with Gasteiger partial charge in [-0.1, -0.05) is 20.8 Å². The zero-order chi connectivity index (χ0) is 17.3. The molecule has 1 rings (SSSR count). The van der Waals surface area contributed by atoms with Gasteiger partial charge >= 0.3 is 12.1 Å². The van der Waals surface area contributed by atoms with Crippen molar-refractivity contribution < 1.29 is 19.4 Å². The molecule has 0 saturated carbocycles. The summed E-state index contributed by atoms with van der Waals surface area (Å²) in [6, 6.07) is -1.16. The molecule has 1 atom stereocenters. The van der Waals surface area contributed by atoms with E-state index in [2.05, 4.69) is 4.98 Å². The minimum absolute atomic E-state index is 0.170. The fourth-order valence-electron chi connectivity index (χ4n) is 1.69. The molecule has 7 heteroatoms. The zero-order valence-electron chi connectivity index (χ0n) is 14.1. The van der Waals surface area contributed by atoms with Crippen LogP contribution in [0.3, 0.4) is 0 Å². The standard InChI is InChI=1S/C15H24N2O4S/c1-14(2,3)12-16-9(8-22-12)10(11(18)19)17(7)13(20)21-15(4,5)6/h8,10H,1-7H3,(H,18,19). The third-order valence-electron chi connectivity index (χ3n) is 2.75. The molecule has 0 aliphatic carbocycles. The van der Waals surface area contributed by atoms with E-state index in [0.29, 0.717) is 5.69 Å². The van der Waals surface area contributed by atoms with Gasteiger partial charge in [0.1, 0.15) is 5.60 Å². The monoisotopic (exact) mass is 328 g/mol. The van der Waals surface area contributed by atoms with E-state index in [0.717, 1.165) is 9.91 Å². The Morgan fingerprint density at radius 2 is 1.82 bits per heavy atom. The van der Waals surface area contributed by atoms with Gasteiger partial charge in [-0.15, -0.1) is 11.3 Å². The first kappa shape index (κ1) is 18.4. The van der Waals surface area contributed by atoms with Gasteiger partial charge in [0.2, 0.25) is 0 Å². The third-order valence-corrected chi connectivity index (χ3v) is 4.03. The molecule has 1 amide bonds. The van der Waals surface area contributed by atoms with Crippen molar-refractivity contribution in [3.63, 3.8) is 0 Å². The van der Waals surface area contributed by atoms with Crippen molar-refractivity contribution in [2.24, 2.45) is 0 Å². The van der Waals surface area contributed by atoms with E-state index in [1.165, 1.54) is 18.4 Å². The second-order valence-electron chi connectivity index (χ2n) is 7.16. The second-order valence-corrected chi connectivity index (χ2v) is 8.02. The molecule has 0 fully saturated rings. The normalized spacial score (nSPS) is 13.6. The Morgan fingerprint density at radius 3 is 2.18 bits per heavy atom. The molecule has 0 spiro atoms. The third kappa shape index (κ3) is 4.69. The Kier molecular flexibility index (Phi) is 5.22. The Labute approximate surface area is 135 Å². The molecule has 1 aromatic heterocycles. The summed E-state index contributed by atoms with van der Waals surface area (Å²) in [6.07, 6.45) is -0.690. The van der Waals surface area contributed by atoms with E-state index in [1.54, 1.807) is 26.2 Å². The van der Waals surface area contributed by atoms with Crippen LogP contribution in [0.25, 0.3) is 0 Å². The maximum Gasteiger partial charge on any atom is 0.411 e. The number of ether oxygens (including phenoxy) is 1. The van der Waals surface area contributed by atoms with Gasteiger partial charge in [-0.2, -0.15) is 0 Å². The molecule has 1 N–H and O–H groups in total. The number of carboxylic acid groups (broad SMARTS) is 1. The second kappa shape index (κ2) is 6.24. The van der Waals surface area contributed by atoms with Crippen LogP contribution in [-0.2, 0) is 14.9 Å². The lowest BCUT2D eigenvalue weighted by molar-refractivity contribution is -0.143. The average Bonchev–Trinajstić information content (AvgIpc) is 2.75. The highest BCUT2D eigenvalue weighted by molar-refractivity contribution is 7.09. The van der Waals surface area contributed by atoms with Crippen molar-refractivity contribution in [1.82, 2.24) is 9.88 Å². The molecular weight excluding hydrogens is 304 g/mol. The summed E-state index contributed by atoms with van der Waals surface area (Å²) in [6.45, 7) is 11.2. The van der Waals surface area contributed by atoms with Crippen molar-refractivity contribution >= 4 is 23.4 Å². The summed E-state index contributed by atoms with van der Waals surface area (Å²) in [5, 5.41) is 12.0. The van der Waals surface area contributed by atoms with Crippen LogP contribution >= 0.6 is 11.3 Å². The summed E-state index contributed by atoms with van der Waals surface area (Å²) >= 11 is 1.39. The first-order valence-corrected chi connectivity index (χ1v) is 7.85. The van der Waals surface area contributed by atoms with Gasteiger partial charge < -0.3 is 9.84 Å². The topological polar surface area (TPSA) is 79.7 Å². The molecular formula is C15H24N2O4S. The molecule has 124 valence electrons. The summed E-state index contributed by atoms with van der Waals surface area (Å²) in [5.41, 5.74) is -0.514. The minimum Gasteiger partial charge on any atom is -0.479 e. The van der Waals surface area contributed by atoms with Crippen LogP contribution in [0.4, 0.5) is 4.79 Å². The Morgan fingerprint density at radius 1 is 1.27 bits per heavy atom. The highest BCUT2D eigenvalue weighted by atomic mass is 32.1. The van der Waals surface area contributed by atoms with Crippen LogP contribution in [0.5, 0.6) is 0 Å². The fraction of sp³-hybridized carbons (Fsp3) is 0.667. The highest BCUT2D eigenvalue weighted by Crippen LogP contribution is 2.30. The van der Waals surface area contributed by atoms with E-state index in [-0.39, 0.29) is 5.41 Å². The van der Waals surface area contributed by atoms with Crippen LogP contribution in [0.15, 0.2) is 5.38 Å². The van der Waals surface area contributed by atoms with Crippen molar-refractivity contribution in [2.45, 2.75) is 58.6 Å². The van der Waals surface area contributed by atoms with Gasteiger partial charge in [0.15, 0.2) is 6.04 Å². The molecule has 6 nitrogen and oxygen atoms in total. The summed E-state index contributed by atoms with van der Waals surface area (Å²) < 4.78 is 5.23. The smallest absolute Gasteiger partial charge is 0.411 e. The van der Waals surface area contributed by atoms with Gasteiger partial charge in [-0.25, -0.2) is 14.6 Å². The zero-order valence-corrected chi connectivity index (χ0v) is 14.9. The van der Waals surface area contributed by atoms with Gasteiger partial charge in [0.25, 0.3) is 0 Å². The number of likely N-dealkylation sites (N-methyl/N-ethyl adjacent to an activating group) is 1. The van der Waals surface area contributed by atoms with Gasteiger partial charge in [-0.3, -0.25) is 4.90 Å². The number of carbonyl (C=O) groups is 2. The number of aromatic nitrogens is 1. The number of carbonyl (C=O) groups excluding carboxylic acids is 1. The number of amides is 1. The summed E-state index contributed by atoms with van der Waals surface area (Å²) in [7, 11) is 1.41. The number of thiazole rings is 1. The Balaban J connectivity index is 3.06. The van der Waals surface area contributed by atoms with Crippen molar-refractivity contribution in [3.05, 3.63) is 16.1 Å². The lowest BCUT2D eigenvalue weighted by atomic mass is 9.98. The maximum atomic E-state index is 12.1. The van der Waals surface area contributed by atoms with Crippen LogP contribution in [0, 0.1) is 0 Å². The summed E-state index contributed by atoms with van der Waals surface area (Å²) in [4.78, 5) is 29.1. The first-order valence-electron chi connectivity index (χ1n) is 6.97. The minimum atomic E-state index is -1.16. The lowest BCUT2D eigenvalue weighted by Gasteiger charge is -2.27. The van der Waals surface area contributed by atoms with E-state index in [4.69, 9.17) is 4.74 Å². The SMILES string of the molecule is CN(C(=O)OC(C)(C)C)C(C(=O)O)c1csc(C(C)(C)C)n1. The number of hydrogen-bond donors (Lipinski definition) is 1. The molecule has 22 heavy (non-hydrogen) atoms. The van der Waals surface area contributed by atoms with Gasteiger partial charge in [0.05, 0.1) is 10.7 Å². The molecule has 1 aromatic rings. The van der Waals surface area contributed by atoms with Crippen molar-refractivity contribution in [2.75, 3.05) is 7.05 Å². The van der Waals surface area contributed by atoms with Crippen molar-refractivity contribution in [1.29, 1.82) is 0 Å². The molecule has 1 unspecified atom stereocenters. The average molecular weight is 328 g/mol. The van der Waals surface area contributed by atoms with E-state index < -0.39 is 23.7 Å². The molecule has 0 saturated heterocycles. The highest BCUT2D eigenvalue weighted by Gasteiger charge is 2.34. The molecule has 0 aliphatic heterocycles. The lowest BCUT2D eigenvalue weighted by Crippen LogP contribution is -2.39. The van der Waals surface area contributed by atoms with Crippen LogP contribution in [0.2, 0.25) is 0 Å². The van der Waals surface area contributed by atoms with Gasteiger partial charge in [-0.05, 0) is 20.8 Å². The molecule has 0 aromatic carbocycles. The predicted molar refractivity (Wildman–Crippen MR) is 85.2 cm³/mol. The van der Waals surface area contributed by atoms with E-state index in [1.807, 2.05) is 20.8 Å². The van der Waals surface area contributed by atoms with Crippen LogP contribution < -0.4 is 0 Å². The van der Waals surface area contributed by atoms with Crippen LogP contribution in [-0.4, -0.2) is 39.7 Å². The van der Waals surface area contributed by atoms with Crippen molar-refractivity contribution in [3.8, 4) is 0 Å². The molecule has 0 aliphatic rings.